The average molecular weight is 152 g/mol. The molecule has 0 saturated carbocycles. The minimum Gasteiger partial charge on any atom is -0.497 e. The summed E-state index contributed by atoms with van der Waals surface area (Å²) in [5.41, 5.74) is 5.28. The molecule has 2 N–H and O–H groups in total. The van der Waals surface area contributed by atoms with Crippen LogP contribution in [0.2, 0.25) is 0 Å². The van der Waals surface area contributed by atoms with Crippen molar-refractivity contribution in [2.24, 2.45) is 5.73 Å². The second-order valence-corrected chi connectivity index (χ2v) is 1.39. The van der Waals surface area contributed by atoms with E-state index in [2.05, 4.69) is 0 Å². The zero-order chi connectivity index (χ0) is 6.41. The van der Waals surface area contributed by atoms with Crippen molar-refractivity contribution in [1.82, 2.24) is 0 Å². The first-order valence-corrected chi connectivity index (χ1v) is 2.83. The summed E-state index contributed by atoms with van der Waals surface area (Å²) in [6.45, 7) is 5.07. The second-order valence-electron chi connectivity index (χ2n) is 1.39. The Hall–Kier alpha value is -0.210. The molecule has 0 aromatic rings. The third kappa shape index (κ3) is 5.66. The van der Waals surface area contributed by atoms with E-state index in [4.69, 9.17) is 10.5 Å². The van der Waals surface area contributed by atoms with Crippen LogP contribution in [-0.2, 0) is 4.74 Å². The quantitative estimate of drug-likeness (QED) is 0.618. The third-order valence-electron chi connectivity index (χ3n) is 0.853. The Labute approximate surface area is 62.5 Å². The van der Waals surface area contributed by atoms with Crippen LogP contribution in [0.5, 0.6) is 0 Å². The van der Waals surface area contributed by atoms with Gasteiger partial charge in [0, 0.05) is 0 Å². The van der Waals surface area contributed by atoms with Gasteiger partial charge in [0.25, 0.3) is 0 Å². The Morgan fingerprint density at radius 1 is 1.67 bits per heavy atom. The molecule has 0 heterocycles. The van der Waals surface area contributed by atoms with Crippen LogP contribution in [0.3, 0.4) is 0 Å². The lowest BCUT2D eigenvalue weighted by molar-refractivity contribution is 0.226. The predicted molar refractivity (Wildman–Crippen MR) is 41.7 cm³/mol. The lowest BCUT2D eigenvalue weighted by Gasteiger charge is -2.02. The molecule has 0 atom stereocenters. The van der Waals surface area contributed by atoms with Gasteiger partial charge in [-0.1, -0.05) is 0 Å². The molecule has 3 heteroatoms. The van der Waals surface area contributed by atoms with Gasteiger partial charge in [0.15, 0.2) is 0 Å². The van der Waals surface area contributed by atoms with Gasteiger partial charge in [-0.3, -0.25) is 0 Å². The Kier molecular flexibility index (Phi) is 10.0. The van der Waals surface area contributed by atoms with Crippen LogP contribution in [0.4, 0.5) is 0 Å². The molecule has 0 unspecified atom stereocenters. The molecule has 9 heavy (non-hydrogen) atoms. The Morgan fingerprint density at radius 3 is 2.33 bits per heavy atom. The van der Waals surface area contributed by atoms with Crippen molar-refractivity contribution >= 4 is 12.4 Å². The van der Waals surface area contributed by atoms with Crippen molar-refractivity contribution < 1.29 is 4.74 Å². The maximum Gasteiger partial charge on any atom is 0.105 e. The molecule has 0 rings (SSSR count). The van der Waals surface area contributed by atoms with Crippen LogP contribution in [-0.4, -0.2) is 13.2 Å². The molecule has 0 fully saturated rings. The van der Waals surface area contributed by atoms with Crippen LogP contribution in [0.25, 0.3) is 0 Å². The normalized spacial score (nSPS) is 10.3. The highest BCUT2D eigenvalue weighted by molar-refractivity contribution is 5.85. The van der Waals surface area contributed by atoms with Crippen molar-refractivity contribution in [1.29, 1.82) is 0 Å². The predicted octanol–water partition coefficient (Wildman–Crippen LogP) is 1.31. The number of hydrogen-bond acceptors (Lipinski definition) is 2. The van der Waals surface area contributed by atoms with E-state index in [1.165, 1.54) is 0 Å². The third-order valence-corrected chi connectivity index (χ3v) is 0.853. The summed E-state index contributed by atoms with van der Waals surface area (Å²) in [7, 11) is 0. The highest BCUT2D eigenvalue weighted by Crippen LogP contribution is 1.91. The van der Waals surface area contributed by atoms with Gasteiger partial charge in [-0.2, -0.15) is 0 Å². The number of rotatable bonds is 3. The molecule has 0 aliphatic heterocycles. The standard InChI is InChI=1S/C6H13NO.ClH/c1-3-6(5-7)8-4-2;/h3H,4-5,7H2,1-2H3;1H/b6-3-;. The minimum atomic E-state index is 0. The molecule has 0 aliphatic rings. The fourth-order valence-electron chi connectivity index (χ4n) is 0.446. The van der Waals surface area contributed by atoms with Gasteiger partial charge in [-0.05, 0) is 19.9 Å². The molecular weight excluding hydrogens is 138 g/mol. The second kappa shape index (κ2) is 7.79. The summed E-state index contributed by atoms with van der Waals surface area (Å²) in [5.74, 6) is 0.868. The highest BCUT2D eigenvalue weighted by Gasteiger charge is 1.86. The maximum atomic E-state index is 5.28. The van der Waals surface area contributed by atoms with Crippen LogP contribution in [0.15, 0.2) is 11.8 Å². The van der Waals surface area contributed by atoms with Crippen LogP contribution < -0.4 is 5.73 Å². The lowest BCUT2D eigenvalue weighted by atomic mass is 10.5. The molecule has 0 aromatic carbocycles. The zero-order valence-corrected chi connectivity index (χ0v) is 6.70. The molecule has 0 radical (unpaired) electrons. The van der Waals surface area contributed by atoms with Crippen molar-refractivity contribution in [2.45, 2.75) is 13.8 Å². The fraction of sp³-hybridized carbons (Fsp3) is 0.667. The summed E-state index contributed by atoms with van der Waals surface area (Å²) in [4.78, 5) is 0. The number of ether oxygens (including phenoxy) is 1. The first-order valence-electron chi connectivity index (χ1n) is 2.83. The summed E-state index contributed by atoms with van der Waals surface area (Å²) < 4.78 is 5.08. The molecular formula is C6H14ClNO. The molecule has 0 saturated heterocycles. The first kappa shape index (κ1) is 11.6. The van der Waals surface area contributed by atoms with Gasteiger partial charge in [0.2, 0.25) is 0 Å². The Bertz CT molecular complexity index is 83.1. The van der Waals surface area contributed by atoms with Gasteiger partial charge in [0.05, 0.1) is 13.2 Å². The van der Waals surface area contributed by atoms with Crippen molar-refractivity contribution in [3.63, 3.8) is 0 Å². The first-order chi connectivity index (χ1) is 3.85. The van der Waals surface area contributed by atoms with E-state index in [1.807, 2.05) is 19.9 Å². The van der Waals surface area contributed by atoms with Crippen molar-refractivity contribution in [3.8, 4) is 0 Å². The van der Waals surface area contributed by atoms with Gasteiger partial charge in [-0.25, -0.2) is 0 Å². The fourth-order valence-corrected chi connectivity index (χ4v) is 0.446. The van der Waals surface area contributed by atoms with Gasteiger partial charge in [-0.15, -0.1) is 12.4 Å². The summed E-state index contributed by atoms with van der Waals surface area (Å²) in [6, 6.07) is 0. The number of halogens is 1. The van der Waals surface area contributed by atoms with E-state index >= 15 is 0 Å². The number of nitrogens with two attached hydrogens (primary N) is 1. The molecule has 0 amide bonds. The topological polar surface area (TPSA) is 35.2 Å². The average Bonchev–Trinajstić information content (AvgIpc) is 1.83. The Balaban J connectivity index is 0. The monoisotopic (exact) mass is 151 g/mol. The number of allylic oxidation sites excluding steroid dienone is 1. The largest absolute Gasteiger partial charge is 0.497 e. The smallest absolute Gasteiger partial charge is 0.105 e. The van der Waals surface area contributed by atoms with Gasteiger partial charge < -0.3 is 10.5 Å². The SMILES string of the molecule is C/C=C(/CN)OCC.Cl. The minimum absolute atomic E-state index is 0. The van der Waals surface area contributed by atoms with E-state index in [1.54, 1.807) is 0 Å². The number of hydrogen-bond donors (Lipinski definition) is 1. The maximum absolute atomic E-state index is 5.28. The lowest BCUT2D eigenvalue weighted by Crippen LogP contribution is -2.05. The van der Waals surface area contributed by atoms with E-state index in [0.717, 1.165) is 5.76 Å². The summed E-state index contributed by atoms with van der Waals surface area (Å²) >= 11 is 0. The van der Waals surface area contributed by atoms with E-state index < -0.39 is 0 Å². The van der Waals surface area contributed by atoms with Crippen molar-refractivity contribution in [2.75, 3.05) is 13.2 Å². The van der Waals surface area contributed by atoms with E-state index in [-0.39, 0.29) is 12.4 Å². The van der Waals surface area contributed by atoms with E-state index in [9.17, 15) is 0 Å². The summed E-state index contributed by atoms with van der Waals surface area (Å²) in [6.07, 6.45) is 1.88. The Morgan fingerprint density at radius 2 is 2.22 bits per heavy atom. The molecule has 0 aliphatic carbocycles. The summed E-state index contributed by atoms with van der Waals surface area (Å²) in [5, 5.41) is 0. The van der Waals surface area contributed by atoms with Crippen LogP contribution in [0.1, 0.15) is 13.8 Å². The van der Waals surface area contributed by atoms with Gasteiger partial charge >= 0.3 is 0 Å². The van der Waals surface area contributed by atoms with Crippen LogP contribution in [0, 0.1) is 0 Å². The van der Waals surface area contributed by atoms with E-state index in [0.29, 0.717) is 13.2 Å². The molecule has 0 bridgehead atoms. The van der Waals surface area contributed by atoms with Crippen LogP contribution >= 0.6 is 12.4 Å². The highest BCUT2D eigenvalue weighted by atomic mass is 35.5. The molecule has 2 nitrogen and oxygen atoms in total. The molecule has 0 aromatic heterocycles. The van der Waals surface area contributed by atoms with Gasteiger partial charge in [0.1, 0.15) is 5.76 Å². The molecule has 56 valence electrons. The molecule has 0 spiro atoms. The van der Waals surface area contributed by atoms with Crippen molar-refractivity contribution in [3.05, 3.63) is 11.8 Å². The zero-order valence-electron chi connectivity index (χ0n) is 5.89.